The van der Waals surface area contributed by atoms with Gasteiger partial charge in [-0.05, 0) is 30.2 Å². The summed E-state index contributed by atoms with van der Waals surface area (Å²) in [5.74, 6) is 1.37. The van der Waals surface area contributed by atoms with Crippen LogP contribution in [0.3, 0.4) is 0 Å². The van der Waals surface area contributed by atoms with Crippen molar-refractivity contribution in [2.45, 2.75) is 19.8 Å². The Labute approximate surface area is 94.3 Å². The summed E-state index contributed by atoms with van der Waals surface area (Å²) in [6.45, 7) is 4.28. The predicted molar refractivity (Wildman–Crippen MR) is 63.1 cm³/mol. The molecule has 3 heteroatoms. The van der Waals surface area contributed by atoms with Crippen LogP contribution in [0.5, 0.6) is 0 Å². The molecule has 0 radical (unpaired) electrons. The predicted octanol–water partition coefficient (Wildman–Crippen LogP) is 3.85. The fourth-order valence-electron chi connectivity index (χ4n) is 1.38. The summed E-state index contributed by atoms with van der Waals surface area (Å²) in [7, 11) is 0. The summed E-state index contributed by atoms with van der Waals surface area (Å²) in [5, 5.41) is 0.745. The highest BCUT2D eigenvalue weighted by Gasteiger charge is 2.05. The highest BCUT2D eigenvalue weighted by atomic mass is 35.5. The van der Waals surface area contributed by atoms with Crippen LogP contribution < -0.4 is 0 Å². The lowest BCUT2D eigenvalue weighted by Gasteiger charge is -1.99. The van der Waals surface area contributed by atoms with E-state index in [1.165, 1.54) is 0 Å². The van der Waals surface area contributed by atoms with Crippen LogP contribution in [0.4, 0.5) is 0 Å². The van der Waals surface area contributed by atoms with Gasteiger partial charge in [-0.1, -0.05) is 25.4 Å². The van der Waals surface area contributed by atoms with Gasteiger partial charge in [0, 0.05) is 22.5 Å². The Morgan fingerprint density at radius 2 is 1.87 bits per heavy atom. The molecule has 1 heterocycles. The molecule has 0 aliphatic carbocycles. The molecule has 0 amide bonds. The van der Waals surface area contributed by atoms with Gasteiger partial charge in [-0.25, -0.2) is 4.98 Å². The molecule has 1 aromatic carbocycles. The molecule has 15 heavy (non-hydrogen) atoms. The van der Waals surface area contributed by atoms with Crippen molar-refractivity contribution in [1.29, 1.82) is 0 Å². The molecule has 0 saturated carbocycles. The smallest absolute Gasteiger partial charge is 0.137 e. The van der Waals surface area contributed by atoms with E-state index in [4.69, 9.17) is 11.6 Å². The summed E-state index contributed by atoms with van der Waals surface area (Å²) < 4.78 is 0. The van der Waals surface area contributed by atoms with Gasteiger partial charge in [0.15, 0.2) is 0 Å². The van der Waals surface area contributed by atoms with Gasteiger partial charge in [0.2, 0.25) is 0 Å². The minimum absolute atomic E-state index is 0.471. The number of imidazole rings is 1. The lowest BCUT2D eigenvalue weighted by Crippen LogP contribution is -1.86. The monoisotopic (exact) mass is 220 g/mol. The molecule has 0 aliphatic heterocycles. The highest BCUT2D eigenvalue weighted by Crippen LogP contribution is 2.20. The molecular weight excluding hydrogens is 208 g/mol. The first-order valence-electron chi connectivity index (χ1n) is 4.97. The normalized spacial score (nSPS) is 10.9. The first kappa shape index (κ1) is 10.2. The standard InChI is InChI=1S/C12H13ClN2/c1-8(2)11-7-14-12(15-11)9-3-5-10(13)6-4-9/h3-8H,1-2H3,(H,14,15). The van der Waals surface area contributed by atoms with E-state index in [1.807, 2.05) is 30.5 Å². The van der Waals surface area contributed by atoms with Crippen molar-refractivity contribution >= 4 is 11.6 Å². The van der Waals surface area contributed by atoms with Crippen LogP contribution >= 0.6 is 11.6 Å². The van der Waals surface area contributed by atoms with Crippen LogP contribution in [-0.2, 0) is 0 Å². The van der Waals surface area contributed by atoms with Crippen molar-refractivity contribution in [2.24, 2.45) is 0 Å². The van der Waals surface area contributed by atoms with E-state index < -0.39 is 0 Å². The molecule has 0 bridgehead atoms. The van der Waals surface area contributed by atoms with Gasteiger partial charge in [0.25, 0.3) is 0 Å². The zero-order valence-corrected chi connectivity index (χ0v) is 9.55. The third-order valence-corrected chi connectivity index (χ3v) is 2.59. The lowest BCUT2D eigenvalue weighted by atomic mass is 10.1. The summed E-state index contributed by atoms with van der Waals surface area (Å²) >= 11 is 5.82. The van der Waals surface area contributed by atoms with Crippen LogP contribution in [0, 0.1) is 0 Å². The van der Waals surface area contributed by atoms with Crippen molar-refractivity contribution in [3.63, 3.8) is 0 Å². The van der Waals surface area contributed by atoms with Gasteiger partial charge in [-0.2, -0.15) is 0 Å². The van der Waals surface area contributed by atoms with Gasteiger partial charge in [-0.3, -0.25) is 0 Å². The van der Waals surface area contributed by atoms with Crippen LogP contribution in [-0.4, -0.2) is 9.97 Å². The fraction of sp³-hybridized carbons (Fsp3) is 0.250. The van der Waals surface area contributed by atoms with E-state index >= 15 is 0 Å². The molecule has 0 atom stereocenters. The molecule has 2 nitrogen and oxygen atoms in total. The quantitative estimate of drug-likeness (QED) is 0.818. The average molecular weight is 221 g/mol. The second kappa shape index (κ2) is 4.07. The number of benzene rings is 1. The Bertz CT molecular complexity index is 443. The van der Waals surface area contributed by atoms with Crippen LogP contribution in [0.25, 0.3) is 11.4 Å². The molecule has 0 spiro atoms. The molecular formula is C12H13ClN2. The Hall–Kier alpha value is -1.28. The van der Waals surface area contributed by atoms with E-state index in [0.29, 0.717) is 5.92 Å². The number of aromatic nitrogens is 2. The van der Waals surface area contributed by atoms with Gasteiger partial charge < -0.3 is 4.98 Å². The van der Waals surface area contributed by atoms with E-state index in [2.05, 4.69) is 23.8 Å². The Kier molecular flexibility index (Phi) is 2.78. The second-order valence-electron chi connectivity index (χ2n) is 3.85. The van der Waals surface area contributed by atoms with Crippen molar-refractivity contribution < 1.29 is 0 Å². The van der Waals surface area contributed by atoms with Crippen LogP contribution in [0.1, 0.15) is 25.5 Å². The molecule has 0 aliphatic rings. The summed E-state index contributed by atoms with van der Waals surface area (Å²) in [5.41, 5.74) is 2.21. The zero-order valence-electron chi connectivity index (χ0n) is 8.79. The summed E-state index contributed by atoms with van der Waals surface area (Å²) in [4.78, 5) is 7.63. The second-order valence-corrected chi connectivity index (χ2v) is 4.29. The molecule has 2 rings (SSSR count). The largest absolute Gasteiger partial charge is 0.342 e. The van der Waals surface area contributed by atoms with Crippen LogP contribution in [0.2, 0.25) is 5.02 Å². The summed E-state index contributed by atoms with van der Waals surface area (Å²) in [6.07, 6.45) is 1.88. The maximum atomic E-state index is 5.82. The number of nitrogens with zero attached hydrogens (tertiary/aromatic N) is 1. The number of aromatic amines is 1. The van der Waals surface area contributed by atoms with Gasteiger partial charge in [0.05, 0.1) is 0 Å². The number of H-pyrrole nitrogens is 1. The third-order valence-electron chi connectivity index (χ3n) is 2.34. The van der Waals surface area contributed by atoms with Gasteiger partial charge >= 0.3 is 0 Å². The number of halogens is 1. The van der Waals surface area contributed by atoms with Crippen molar-refractivity contribution in [3.8, 4) is 11.4 Å². The molecule has 0 saturated heterocycles. The van der Waals surface area contributed by atoms with Gasteiger partial charge in [0.1, 0.15) is 5.82 Å². The summed E-state index contributed by atoms with van der Waals surface area (Å²) in [6, 6.07) is 7.67. The molecule has 1 N–H and O–H groups in total. The molecule has 78 valence electrons. The highest BCUT2D eigenvalue weighted by molar-refractivity contribution is 6.30. The first-order valence-corrected chi connectivity index (χ1v) is 5.35. The Balaban J connectivity index is 2.33. The minimum Gasteiger partial charge on any atom is -0.342 e. The molecule has 1 aromatic heterocycles. The number of hydrogen-bond acceptors (Lipinski definition) is 1. The topological polar surface area (TPSA) is 28.7 Å². The van der Waals surface area contributed by atoms with Crippen molar-refractivity contribution in [1.82, 2.24) is 9.97 Å². The van der Waals surface area contributed by atoms with Gasteiger partial charge in [-0.15, -0.1) is 0 Å². The van der Waals surface area contributed by atoms with Crippen molar-refractivity contribution in [2.75, 3.05) is 0 Å². The molecule has 0 fully saturated rings. The zero-order chi connectivity index (χ0) is 10.8. The molecule has 2 aromatic rings. The van der Waals surface area contributed by atoms with E-state index in [1.54, 1.807) is 0 Å². The first-order chi connectivity index (χ1) is 7.16. The third kappa shape index (κ3) is 2.21. The fourth-order valence-corrected chi connectivity index (χ4v) is 1.51. The molecule has 0 unspecified atom stereocenters. The Morgan fingerprint density at radius 1 is 1.20 bits per heavy atom. The van der Waals surface area contributed by atoms with Crippen molar-refractivity contribution in [3.05, 3.63) is 41.2 Å². The van der Waals surface area contributed by atoms with Crippen LogP contribution in [0.15, 0.2) is 30.5 Å². The minimum atomic E-state index is 0.471. The maximum Gasteiger partial charge on any atom is 0.137 e. The van der Waals surface area contributed by atoms with E-state index in [-0.39, 0.29) is 0 Å². The Morgan fingerprint density at radius 3 is 2.40 bits per heavy atom. The maximum absolute atomic E-state index is 5.82. The van der Waals surface area contributed by atoms with E-state index in [9.17, 15) is 0 Å². The SMILES string of the molecule is CC(C)c1cnc(-c2ccc(Cl)cc2)[nH]1. The van der Waals surface area contributed by atoms with E-state index in [0.717, 1.165) is 22.1 Å². The number of rotatable bonds is 2. The number of nitrogens with one attached hydrogen (secondary N) is 1. The average Bonchev–Trinajstić information content (AvgIpc) is 2.68. The lowest BCUT2D eigenvalue weighted by molar-refractivity contribution is 0.833. The number of hydrogen-bond donors (Lipinski definition) is 1.